The van der Waals surface area contributed by atoms with Crippen LogP contribution in [0.3, 0.4) is 0 Å². The number of methoxy groups -OCH3 is 3. The van der Waals surface area contributed by atoms with Gasteiger partial charge in [0.1, 0.15) is 30.0 Å². The molecule has 0 bridgehead atoms. The number of ether oxygens (including phenoxy) is 7. The summed E-state index contributed by atoms with van der Waals surface area (Å²) in [5.74, 6) is -0.729. The number of hydrogen-bond donors (Lipinski definition) is 6. The highest BCUT2D eigenvalue weighted by Crippen LogP contribution is 2.41. The molecule has 14 heteroatoms. The van der Waals surface area contributed by atoms with E-state index in [1.807, 2.05) is 0 Å². The number of rotatable bonds is 9. The van der Waals surface area contributed by atoms with Crippen molar-refractivity contribution in [2.75, 3.05) is 41.2 Å². The average Bonchev–Trinajstić information content (AvgIpc) is 3.16. The van der Waals surface area contributed by atoms with Crippen LogP contribution in [0.25, 0.3) is 0 Å². The fraction of sp³-hybridized carbons (Fsp3) is 0.667. The van der Waals surface area contributed by atoms with Crippen molar-refractivity contribution in [1.29, 1.82) is 0 Å². The lowest BCUT2D eigenvalue weighted by molar-refractivity contribution is -0.319. The molecule has 2 fully saturated rings. The predicted molar refractivity (Wildman–Crippen MR) is 112 cm³/mol. The third-order valence-electron chi connectivity index (χ3n) is 5.81. The van der Waals surface area contributed by atoms with Crippen LogP contribution >= 0.6 is 0 Å². The van der Waals surface area contributed by atoms with Crippen LogP contribution in [-0.2, 0) is 18.9 Å². The normalized spacial score (nSPS) is 34.9. The van der Waals surface area contributed by atoms with Crippen molar-refractivity contribution in [3.63, 3.8) is 0 Å². The molecule has 3 rings (SSSR count). The fourth-order valence-electron chi connectivity index (χ4n) is 3.71. The van der Waals surface area contributed by atoms with E-state index in [2.05, 4.69) is 0 Å². The Morgan fingerprint density at radius 1 is 1.06 bits per heavy atom. The van der Waals surface area contributed by atoms with Crippen LogP contribution in [0.15, 0.2) is 12.1 Å². The van der Waals surface area contributed by atoms with Gasteiger partial charge in [-0.05, 0) is 12.1 Å². The molecule has 8 atom stereocenters. The van der Waals surface area contributed by atoms with Crippen LogP contribution in [0, 0.1) is 0 Å². The summed E-state index contributed by atoms with van der Waals surface area (Å²) in [6.07, 6.45) is -11.0. The summed E-state index contributed by atoms with van der Waals surface area (Å²) in [6.45, 7) is -1.98. The summed E-state index contributed by atoms with van der Waals surface area (Å²) in [5.41, 5.74) is -1.93. The first kappa shape index (κ1) is 27.3. The predicted octanol–water partition coefficient (Wildman–Crippen LogP) is -2.87. The molecule has 6 N–H and O–H groups in total. The van der Waals surface area contributed by atoms with Crippen molar-refractivity contribution >= 4 is 5.97 Å². The zero-order valence-corrected chi connectivity index (χ0v) is 19.3. The summed E-state index contributed by atoms with van der Waals surface area (Å²) in [4.78, 5) is 12.0. The van der Waals surface area contributed by atoms with Crippen LogP contribution in [0.2, 0.25) is 0 Å². The van der Waals surface area contributed by atoms with E-state index in [0.29, 0.717) is 0 Å². The number of hydrogen-bond acceptors (Lipinski definition) is 14. The van der Waals surface area contributed by atoms with Gasteiger partial charge in [-0.2, -0.15) is 0 Å². The van der Waals surface area contributed by atoms with Crippen LogP contribution in [-0.4, -0.2) is 126 Å². The quantitative estimate of drug-likeness (QED) is 0.187. The minimum Gasteiger partial charge on any atom is -0.493 e. The molecular formula is C21H30O14. The van der Waals surface area contributed by atoms with Gasteiger partial charge in [-0.1, -0.05) is 0 Å². The lowest BCUT2D eigenvalue weighted by Crippen LogP contribution is -2.62. The molecular weight excluding hydrogens is 476 g/mol. The molecule has 1 aromatic carbocycles. The number of carbonyl (C=O) groups is 1. The lowest BCUT2D eigenvalue weighted by atomic mass is 9.98. The summed E-state index contributed by atoms with van der Waals surface area (Å²) in [6, 6.07) is 2.62. The van der Waals surface area contributed by atoms with E-state index in [-0.39, 0.29) is 22.8 Å². The fourth-order valence-corrected chi connectivity index (χ4v) is 3.71. The third-order valence-corrected chi connectivity index (χ3v) is 5.81. The van der Waals surface area contributed by atoms with Gasteiger partial charge in [0.05, 0.1) is 46.7 Å². The Kier molecular flexibility index (Phi) is 8.74. The van der Waals surface area contributed by atoms with Gasteiger partial charge in [0.15, 0.2) is 23.9 Å². The third kappa shape index (κ3) is 5.30. The van der Waals surface area contributed by atoms with Crippen molar-refractivity contribution in [3.05, 3.63) is 17.7 Å². The van der Waals surface area contributed by atoms with Crippen LogP contribution < -0.4 is 14.2 Å². The van der Waals surface area contributed by atoms with E-state index < -0.39 is 74.5 Å². The maximum Gasteiger partial charge on any atom is 0.338 e. The smallest absolute Gasteiger partial charge is 0.338 e. The minimum atomic E-state index is -2.01. The van der Waals surface area contributed by atoms with Gasteiger partial charge >= 0.3 is 5.97 Å². The Balaban J connectivity index is 1.95. The monoisotopic (exact) mass is 506 g/mol. The molecule has 0 spiro atoms. The zero-order valence-electron chi connectivity index (χ0n) is 19.3. The maximum atomic E-state index is 12.0. The first-order chi connectivity index (χ1) is 16.6. The highest BCUT2D eigenvalue weighted by atomic mass is 16.8. The van der Waals surface area contributed by atoms with Crippen molar-refractivity contribution in [3.8, 4) is 17.2 Å². The maximum absolute atomic E-state index is 12.0. The van der Waals surface area contributed by atoms with Gasteiger partial charge in [-0.15, -0.1) is 0 Å². The molecule has 0 saturated carbocycles. The van der Waals surface area contributed by atoms with Crippen LogP contribution in [0.1, 0.15) is 10.4 Å². The number of aliphatic hydroxyl groups excluding tert-OH is 5. The van der Waals surface area contributed by atoms with E-state index in [0.717, 1.165) is 0 Å². The molecule has 2 saturated heterocycles. The van der Waals surface area contributed by atoms with Crippen molar-refractivity contribution in [2.24, 2.45) is 0 Å². The molecule has 2 aliphatic heterocycles. The molecule has 0 unspecified atom stereocenters. The minimum absolute atomic E-state index is 0.0140. The molecule has 14 nitrogen and oxygen atoms in total. The summed E-state index contributed by atoms with van der Waals surface area (Å²) in [7, 11) is 3.79. The topological polar surface area (TPSA) is 203 Å². The Bertz CT molecular complexity index is 855. The average molecular weight is 506 g/mol. The van der Waals surface area contributed by atoms with Gasteiger partial charge in [0.25, 0.3) is 0 Å². The molecule has 0 aliphatic carbocycles. The second-order valence-corrected chi connectivity index (χ2v) is 8.01. The first-order valence-electron chi connectivity index (χ1n) is 10.6. The van der Waals surface area contributed by atoms with E-state index in [1.54, 1.807) is 0 Å². The molecule has 2 aliphatic rings. The molecule has 0 radical (unpaired) electrons. The molecule has 1 aromatic rings. The largest absolute Gasteiger partial charge is 0.493 e. The highest BCUT2D eigenvalue weighted by molar-refractivity contribution is 5.91. The lowest BCUT2D eigenvalue weighted by Gasteiger charge is -2.42. The zero-order chi connectivity index (χ0) is 25.9. The first-order valence-corrected chi connectivity index (χ1v) is 10.6. The van der Waals surface area contributed by atoms with E-state index >= 15 is 0 Å². The Morgan fingerprint density at radius 3 is 2.17 bits per heavy atom. The summed E-state index contributed by atoms with van der Waals surface area (Å²) in [5, 5.41) is 60.5. The number of carbonyl (C=O) groups excluding carboxylic acids is 1. The highest BCUT2D eigenvalue weighted by Gasteiger charge is 2.53. The number of esters is 1. The molecule has 0 amide bonds. The van der Waals surface area contributed by atoms with E-state index in [4.69, 9.17) is 33.2 Å². The van der Waals surface area contributed by atoms with E-state index in [9.17, 15) is 35.4 Å². The Morgan fingerprint density at radius 2 is 1.69 bits per heavy atom. The number of benzene rings is 1. The molecule has 2 heterocycles. The van der Waals surface area contributed by atoms with Gasteiger partial charge < -0.3 is 63.8 Å². The van der Waals surface area contributed by atoms with Gasteiger partial charge in [-0.25, -0.2) is 4.79 Å². The van der Waals surface area contributed by atoms with Crippen LogP contribution in [0.5, 0.6) is 17.2 Å². The van der Waals surface area contributed by atoms with Gasteiger partial charge in [0.2, 0.25) is 12.0 Å². The Labute approximate surface area is 200 Å². The standard InChI is InChI=1S/C21H30O14/c1-29-10-4-9(18(27)31-3)5-11(30-2)15(10)34-19-16(14(25)13(24)12(6-22)33-19)35-20-17(26)21(28,7-23)8-32-20/h4-5,12-14,16-17,19-20,22-26,28H,6-8H2,1-3H3/t12-,13+,14-,16-,17+,19-,20+,21-/m1/s1. The molecule has 0 aromatic heterocycles. The second kappa shape index (κ2) is 11.2. The second-order valence-electron chi connectivity index (χ2n) is 8.01. The number of aliphatic hydroxyl groups is 6. The molecule has 198 valence electrons. The SMILES string of the molecule is COC(=O)c1cc(OC)c(O[C@H]2O[C@H](CO)[C@H](O)[C@@H](O)[C@H]2O[C@@H]2OC[C@](O)(CO)[C@H]2O)c(OC)c1. The van der Waals surface area contributed by atoms with Crippen molar-refractivity contribution in [1.82, 2.24) is 0 Å². The van der Waals surface area contributed by atoms with E-state index in [1.165, 1.54) is 33.5 Å². The van der Waals surface area contributed by atoms with Gasteiger partial charge in [-0.3, -0.25) is 0 Å². The summed E-state index contributed by atoms with van der Waals surface area (Å²) < 4.78 is 37.6. The summed E-state index contributed by atoms with van der Waals surface area (Å²) >= 11 is 0. The van der Waals surface area contributed by atoms with Crippen molar-refractivity contribution < 1.29 is 68.6 Å². The molecule has 35 heavy (non-hydrogen) atoms. The van der Waals surface area contributed by atoms with Crippen molar-refractivity contribution in [2.45, 2.75) is 48.7 Å². The van der Waals surface area contributed by atoms with Gasteiger partial charge in [0, 0.05) is 0 Å². The Hall–Kier alpha value is -2.27. The van der Waals surface area contributed by atoms with Crippen LogP contribution in [0.4, 0.5) is 0 Å².